The number of sulfonamides is 1. The number of para-hydroxylation sites is 1. The molecule has 0 fully saturated rings. The molecule has 0 unspecified atom stereocenters. The van der Waals surface area contributed by atoms with Crippen LogP contribution in [0, 0.1) is 0 Å². The molecule has 4 aromatic rings. The highest BCUT2D eigenvalue weighted by atomic mass is 32.2. The highest BCUT2D eigenvalue weighted by molar-refractivity contribution is 7.90. The van der Waals surface area contributed by atoms with Gasteiger partial charge in [-0.25, -0.2) is 18.1 Å². The molecule has 0 radical (unpaired) electrons. The molecular weight excluding hydrogens is 384 g/mol. The monoisotopic (exact) mass is 402 g/mol. The lowest BCUT2D eigenvalue weighted by Crippen LogP contribution is -2.28. The van der Waals surface area contributed by atoms with Crippen molar-refractivity contribution in [2.24, 2.45) is 0 Å². The van der Waals surface area contributed by atoms with E-state index >= 15 is 0 Å². The van der Waals surface area contributed by atoms with Gasteiger partial charge in [-0.1, -0.05) is 54.6 Å². The van der Waals surface area contributed by atoms with Gasteiger partial charge in [0.2, 0.25) is 5.91 Å². The number of nitrogens with zero attached hydrogens (tertiary/aromatic N) is 1. The Hall–Kier alpha value is -3.51. The second kappa shape index (κ2) is 7.48. The predicted octanol–water partition coefficient (Wildman–Crippen LogP) is 4.39. The Morgan fingerprint density at radius 2 is 1.52 bits per heavy atom. The molecule has 0 atom stereocenters. The number of fused-ring (bicyclic) bond motifs is 1. The summed E-state index contributed by atoms with van der Waals surface area (Å²) < 4.78 is 26.2. The molecular formula is C23H18N2O3S. The number of carbonyl (C=O) groups is 1. The summed E-state index contributed by atoms with van der Waals surface area (Å²) in [5, 5.41) is 1.09. The number of rotatable bonds is 4. The number of amides is 1. The molecule has 0 aliphatic rings. The van der Waals surface area contributed by atoms with E-state index in [1.807, 2.05) is 65.4 Å². The first-order chi connectivity index (χ1) is 13.9. The number of benzene rings is 3. The first-order valence-corrected chi connectivity index (χ1v) is 10.5. The third-order valence-corrected chi connectivity index (χ3v) is 5.98. The van der Waals surface area contributed by atoms with Crippen molar-refractivity contribution in [1.82, 2.24) is 9.71 Å². The van der Waals surface area contributed by atoms with Crippen LogP contribution in [0.2, 0.25) is 0 Å². The zero-order valence-electron chi connectivity index (χ0n) is 15.7. The van der Waals surface area contributed by atoms with Crippen LogP contribution in [0.5, 0.6) is 0 Å². The molecule has 0 spiro atoms. The van der Waals surface area contributed by atoms with Gasteiger partial charge in [0.15, 0.2) is 0 Å². The summed E-state index contributed by atoms with van der Waals surface area (Å²) in [5.74, 6) is -0.621. The van der Waals surface area contributed by atoms with E-state index in [0.29, 0.717) is 0 Å². The molecule has 6 heteroatoms. The number of hydrogen-bond donors (Lipinski definition) is 1. The van der Waals surface area contributed by atoms with Crippen molar-refractivity contribution in [2.45, 2.75) is 11.8 Å². The molecule has 3 aromatic carbocycles. The van der Waals surface area contributed by atoms with E-state index in [1.165, 1.54) is 12.1 Å². The second-order valence-corrected chi connectivity index (χ2v) is 8.34. The molecule has 1 heterocycles. The maximum Gasteiger partial charge on any atom is 0.264 e. The second-order valence-electron chi connectivity index (χ2n) is 6.66. The Morgan fingerprint density at radius 1 is 0.793 bits per heavy atom. The molecule has 29 heavy (non-hydrogen) atoms. The van der Waals surface area contributed by atoms with Crippen molar-refractivity contribution >= 4 is 26.8 Å². The van der Waals surface area contributed by atoms with Gasteiger partial charge in [0.25, 0.3) is 10.0 Å². The van der Waals surface area contributed by atoms with Crippen LogP contribution in [0.15, 0.2) is 89.8 Å². The number of carbonyl (C=O) groups excluding carboxylic acids is 1. The van der Waals surface area contributed by atoms with E-state index in [2.05, 4.69) is 0 Å². The topological polar surface area (TPSA) is 76.1 Å². The Morgan fingerprint density at radius 3 is 2.28 bits per heavy atom. The van der Waals surface area contributed by atoms with Crippen LogP contribution in [-0.4, -0.2) is 19.3 Å². The van der Waals surface area contributed by atoms with Crippen molar-refractivity contribution < 1.29 is 13.2 Å². The molecule has 0 aliphatic carbocycles. The molecule has 1 aromatic heterocycles. The lowest BCUT2D eigenvalue weighted by Gasteiger charge is -2.08. The van der Waals surface area contributed by atoms with Gasteiger partial charge in [-0.15, -0.1) is 0 Å². The molecule has 144 valence electrons. The lowest BCUT2D eigenvalue weighted by molar-refractivity contribution is -0.117. The Labute approximate surface area is 169 Å². The van der Waals surface area contributed by atoms with Crippen LogP contribution in [0.4, 0.5) is 0 Å². The molecule has 4 rings (SSSR count). The van der Waals surface area contributed by atoms with Gasteiger partial charge in [0.05, 0.1) is 16.1 Å². The normalized spacial score (nSPS) is 11.3. The molecule has 1 amide bonds. The van der Waals surface area contributed by atoms with E-state index in [1.54, 1.807) is 12.1 Å². The minimum Gasteiger partial charge on any atom is -0.274 e. The number of pyridine rings is 1. The average molecular weight is 402 g/mol. The molecule has 0 bridgehead atoms. The smallest absolute Gasteiger partial charge is 0.264 e. The van der Waals surface area contributed by atoms with E-state index in [0.717, 1.165) is 40.2 Å². The number of aromatic nitrogens is 1. The fourth-order valence-electron chi connectivity index (χ4n) is 3.16. The van der Waals surface area contributed by atoms with Crippen LogP contribution in [0.3, 0.4) is 0 Å². The fourth-order valence-corrected chi connectivity index (χ4v) is 4.15. The van der Waals surface area contributed by atoms with E-state index < -0.39 is 15.9 Å². The van der Waals surface area contributed by atoms with Gasteiger partial charge >= 0.3 is 0 Å². The summed E-state index contributed by atoms with van der Waals surface area (Å²) in [6, 6.07) is 26.3. The summed E-state index contributed by atoms with van der Waals surface area (Å²) in [5.41, 5.74) is 4.59. The third-order valence-electron chi connectivity index (χ3n) is 4.53. The highest BCUT2D eigenvalue weighted by Gasteiger charge is 2.15. The van der Waals surface area contributed by atoms with Crippen molar-refractivity contribution in [3.05, 3.63) is 84.9 Å². The molecule has 1 N–H and O–H groups in total. The van der Waals surface area contributed by atoms with Gasteiger partial charge in [-0.2, -0.15) is 0 Å². The zero-order chi connectivity index (χ0) is 20.4. The minimum absolute atomic E-state index is 0.0452. The van der Waals surface area contributed by atoms with Crippen molar-refractivity contribution in [3.8, 4) is 22.4 Å². The van der Waals surface area contributed by atoms with Crippen LogP contribution in [0.25, 0.3) is 33.3 Å². The lowest BCUT2D eigenvalue weighted by atomic mass is 10.0. The van der Waals surface area contributed by atoms with Gasteiger partial charge in [-0.05, 0) is 41.5 Å². The first-order valence-electron chi connectivity index (χ1n) is 9.02. The molecule has 5 nitrogen and oxygen atoms in total. The summed E-state index contributed by atoms with van der Waals surface area (Å²) in [6.45, 7) is 1.16. The van der Waals surface area contributed by atoms with Crippen molar-refractivity contribution in [1.29, 1.82) is 0 Å². The molecule has 0 saturated carbocycles. The minimum atomic E-state index is -3.84. The van der Waals surface area contributed by atoms with Crippen molar-refractivity contribution in [3.63, 3.8) is 0 Å². The SMILES string of the molecule is CC(=O)NS(=O)(=O)c1ccc(-c2cccc(-c3ccc4ccccc4n3)c2)cc1. The maximum absolute atomic E-state index is 12.1. The maximum atomic E-state index is 12.1. The Kier molecular flexibility index (Phi) is 4.86. The van der Waals surface area contributed by atoms with E-state index in [9.17, 15) is 13.2 Å². The van der Waals surface area contributed by atoms with Crippen LogP contribution in [-0.2, 0) is 14.8 Å². The predicted molar refractivity (Wildman–Crippen MR) is 114 cm³/mol. The van der Waals surface area contributed by atoms with Crippen LogP contribution >= 0.6 is 0 Å². The standard InChI is InChI=1S/C23H18N2O3S/c1-16(26)25-29(27,28)21-12-9-17(10-13-21)19-6-4-7-20(15-19)23-14-11-18-5-2-3-8-22(18)24-23/h2-15H,1H3,(H,25,26). The summed E-state index contributed by atoms with van der Waals surface area (Å²) in [4.78, 5) is 15.9. The summed E-state index contributed by atoms with van der Waals surface area (Å²) in [7, 11) is -3.84. The Balaban J connectivity index is 1.67. The summed E-state index contributed by atoms with van der Waals surface area (Å²) in [6.07, 6.45) is 0. The number of nitrogens with one attached hydrogen (secondary N) is 1. The average Bonchev–Trinajstić information content (AvgIpc) is 2.73. The van der Waals surface area contributed by atoms with Crippen molar-refractivity contribution in [2.75, 3.05) is 0 Å². The van der Waals surface area contributed by atoms with Crippen LogP contribution in [0.1, 0.15) is 6.92 Å². The first kappa shape index (κ1) is 18.8. The van der Waals surface area contributed by atoms with E-state index in [-0.39, 0.29) is 4.90 Å². The number of hydrogen-bond acceptors (Lipinski definition) is 4. The largest absolute Gasteiger partial charge is 0.274 e. The van der Waals surface area contributed by atoms with Gasteiger partial charge in [0.1, 0.15) is 0 Å². The fraction of sp³-hybridized carbons (Fsp3) is 0.0435. The molecule has 0 aliphatic heterocycles. The summed E-state index contributed by atoms with van der Waals surface area (Å²) >= 11 is 0. The Bertz CT molecular complexity index is 1310. The van der Waals surface area contributed by atoms with Gasteiger partial charge in [0, 0.05) is 17.9 Å². The van der Waals surface area contributed by atoms with Gasteiger partial charge < -0.3 is 0 Å². The van der Waals surface area contributed by atoms with E-state index in [4.69, 9.17) is 4.98 Å². The zero-order valence-corrected chi connectivity index (χ0v) is 16.5. The third kappa shape index (κ3) is 4.02. The van der Waals surface area contributed by atoms with Gasteiger partial charge in [-0.3, -0.25) is 4.79 Å². The molecule has 0 saturated heterocycles. The van der Waals surface area contributed by atoms with Crippen LogP contribution < -0.4 is 4.72 Å². The quantitative estimate of drug-likeness (QED) is 0.549. The highest BCUT2D eigenvalue weighted by Crippen LogP contribution is 2.27.